The number of halogens is 2. The Balaban J connectivity index is 1.79. The third-order valence-corrected chi connectivity index (χ3v) is 7.32. The molecule has 16 heteroatoms. The van der Waals surface area contributed by atoms with Gasteiger partial charge in [0.15, 0.2) is 29.4 Å². The number of hydrogen-bond donors (Lipinski definition) is 3. The van der Waals surface area contributed by atoms with Crippen molar-refractivity contribution in [2.24, 2.45) is 0 Å². The minimum Gasteiger partial charge on any atom is -0.462 e. The summed E-state index contributed by atoms with van der Waals surface area (Å²) in [6, 6.07) is -0.917. The molecule has 0 spiro atoms. The first-order chi connectivity index (χ1) is 17.4. The SMILES string of the molecule is CCCN(C)c1nc(N)nc2c1ncn2[C@@H]1O[C@](CCl)(CO[PH](=O)N[C@@H](C)C(=O)OC(C)C)[C@@H](O)[C@@H]1F. The van der Waals surface area contributed by atoms with Gasteiger partial charge in [-0.2, -0.15) is 9.97 Å². The molecule has 2 aromatic rings. The molecule has 37 heavy (non-hydrogen) atoms. The van der Waals surface area contributed by atoms with E-state index in [1.807, 2.05) is 18.9 Å². The fraction of sp³-hybridized carbons (Fsp3) is 0.714. The quantitative estimate of drug-likeness (QED) is 0.194. The van der Waals surface area contributed by atoms with E-state index in [2.05, 4.69) is 20.0 Å². The fourth-order valence-electron chi connectivity index (χ4n) is 3.91. The summed E-state index contributed by atoms with van der Waals surface area (Å²) in [6.45, 7) is 7.01. The van der Waals surface area contributed by atoms with Crippen molar-refractivity contribution in [1.29, 1.82) is 0 Å². The molecule has 4 N–H and O–H groups in total. The van der Waals surface area contributed by atoms with Crippen molar-refractivity contribution < 1.29 is 32.9 Å². The van der Waals surface area contributed by atoms with Crippen molar-refractivity contribution in [1.82, 2.24) is 24.6 Å². The van der Waals surface area contributed by atoms with Crippen molar-refractivity contribution in [3.8, 4) is 0 Å². The van der Waals surface area contributed by atoms with Crippen LogP contribution in [0.2, 0.25) is 0 Å². The Bertz CT molecular complexity index is 1130. The number of alkyl halides is 2. The minimum atomic E-state index is -3.01. The maximum absolute atomic E-state index is 15.4. The Morgan fingerprint density at radius 2 is 2.16 bits per heavy atom. The highest BCUT2D eigenvalue weighted by Crippen LogP contribution is 2.42. The van der Waals surface area contributed by atoms with Crippen LogP contribution in [0.5, 0.6) is 0 Å². The van der Waals surface area contributed by atoms with Crippen LogP contribution in [0.3, 0.4) is 0 Å². The second kappa shape index (κ2) is 12.2. The van der Waals surface area contributed by atoms with E-state index < -0.39 is 50.9 Å². The molecule has 0 amide bonds. The van der Waals surface area contributed by atoms with E-state index in [1.165, 1.54) is 17.8 Å². The number of aliphatic hydroxyl groups is 1. The first kappa shape index (κ1) is 29.5. The van der Waals surface area contributed by atoms with E-state index in [9.17, 15) is 14.5 Å². The van der Waals surface area contributed by atoms with Crippen LogP contribution in [0, 0.1) is 0 Å². The molecule has 0 bridgehead atoms. The van der Waals surface area contributed by atoms with Crippen LogP contribution in [0.4, 0.5) is 16.2 Å². The number of fused-ring (bicyclic) bond motifs is 1. The van der Waals surface area contributed by atoms with Gasteiger partial charge in [-0.15, -0.1) is 11.6 Å². The fourth-order valence-corrected chi connectivity index (χ4v) is 5.14. The number of anilines is 2. The summed E-state index contributed by atoms with van der Waals surface area (Å²) in [5, 5.41) is 13.2. The van der Waals surface area contributed by atoms with Gasteiger partial charge in [0.05, 0.1) is 24.9 Å². The van der Waals surface area contributed by atoms with Crippen LogP contribution < -0.4 is 15.7 Å². The predicted molar refractivity (Wildman–Crippen MR) is 137 cm³/mol. The summed E-state index contributed by atoms with van der Waals surface area (Å²) < 4.78 is 45.5. The number of nitrogens with two attached hydrogens (primary N) is 1. The Labute approximate surface area is 219 Å². The highest BCUT2D eigenvalue weighted by Gasteiger charge is 2.56. The van der Waals surface area contributed by atoms with Crippen LogP contribution in [0.15, 0.2) is 6.33 Å². The zero-order valence-electron chi connectivity index (χ0n) is 21.4. The number of nitrogens with zero attached hydrogens (tertiary/aromatic N) is 5. The molecule has 3 heterocycles. The number of ether oxygens (including phenoxy) is 2. The van der Waals surface area contributed by atoms with Crippen molar-refractivity contribution in [3.05, 3.63) is 6.33 Å². The molecular formula is C21H34ClFN7O6P. The smallest absolute Gasteiger partial charge is 0.323 e. The summed E-state index contributed by atoms with van der Waals surface area (Å²) in [4.78, 5) is 26.6. The van der Waals surface area contributed by atoms with Crippen LogP contribution in [-0.2, 0) is 23.4 Å². The lowest BCUT2D eigenvalue weighted by Crippen LogP contribution is -2.47. The van der Waals surface area contributed by atoms with Gasteiger partial charge in [-0.1, -0.05) is 6.92 Å². The maximum atomic E-state index is 15.4. The molecule has 2 aromatic heterocycles. The van der Waals surface area contributed by atoms with Gasteiger partial charge in [0, 0.05) is 13.6 Å². The summed E-state index contributed by atoms with van der Waals surface area (Å²) in [7, 11) is -1.18. The van der Waals surface area contributed by atoms with Gasteiger partial charge in [-0.25, -0.2) is 14.5 Å². The second-order valence-corrected chi connectivity index (χ2v) is 10.6. The maximum Gasteiger partial charge on any atom is 0.323 e. The van der Waals surface area contributed by atoms with Gasteiger partial charge < -0.3 is 29.7 Å². The number of esters is 1. The number of nitrogens with one attached hydrogen (secondary N) is 1. The largest absolute Gasteiger partial charge is 0.462 e. The minimum absolute atomic E-state index is 0.0390. The molecule has 1 saturated heterocycles. The Kier molecular flexibility index (Phi) is 9.70. The first-order valence-electron chi connectivity index (χ1n) is 11.8. The lowest BCUT2D eigenvalue weighted by molar-refractivity contribution is -0.149. The molecule has 208 valence electrons. The molecule has 13 nitrogen and oxygen atoms in total. The summed E-state index contributed by atoms with van der Waals surface area (Å²) >= 11 is 6.10. The second-order valence-electron chi connectivity index (χ2n) is 9.17. The molecule has 6 atom stereocenters. The summed E-state index contributed by atoms with van der Waals surface area (Å²) in [5.74, 6) is -0.553. The average molecular weight is 566 g/mol. The van der Waals surface area contributed by atoms with Crippen LogP contribution in [0.1, 0.15) is 40.3 Å². The third kappa shape index (κ3) is 6.32. The average Bonchev–Trinajstić information content (AvgIpc) is 3.36. The summed E-state index contributed by atoms with van der Waals surface area (Å²) in [6.07, 6.45) is -3.24. The molecule has 1 fully saturated rings. The van der Waals surface area contributed by atoms with Crippen molar-refractivity contribution >= 4 is 48.7 Å². The van der Waals surface area contributed by atoms with Crippen LogP contribution >= 0.6 is 19.8 Å². The number of hydrogen-bond acceptors (Lipinski definition) is 11. The Morgan fingerprint density at radius 3 is 2.78 bits per heavy atom. The lowest BCUT2D eigenvalue weighted by atomic mass is 9.99. The molecule has 0 saturated carbocycles. The molecular weight excluding hydrogens is 532 g/mol. The number of carbonyl (C=O) groups is 1. The van der Waals surface area contributed by atoms with E-state index in [-0.39, 0.29) is 23.6 Å². The van der Waals surface area contributed by atoms with Gasteiger partial charge in [0.2, 0.25) is 5.95 Å². The molecule has 1 unspecified atom stereocenters. The predicted octanol–water partition coefficient (Wildman–Crippen LogP) is 1.80. The Hall–Kier alpha value is -2.09. The van der Waals surface area contributed by atoms with Crippen LogP contribution in [0.25, 0.3) is 11.2 Å². The van der Waals surface area contributed by atoms with Crippen molar-refractivity contribution in [2.75, 3.05) is 36.7 Å². The molecule has 0 radical (unpaired) electrons. The molecule has 0 aliphatic carbocycles. The number of nitrogen functional groups attached to an aromatic ring is 1. The summed E-state index contributed by atoms with van der Waals surface area (Å²) in [5.41, 5.74) is 4.76. The monoisotopic (exact) mass is 565 g/mol. The number of aromatic nitrogens is 4. The van der Waals surface area contributed by atoms with Gasteiger partial charge in [0.25, 0.3) is 8.18 Å². The molecule has 3 rings (SSSR count). The highest BCUT2D eigenvalue weighted by molar-refractivity contribution is 7.36. The van der Waals surface area contributed by atoms with Crippen molar-refractivity contribution in [2.45, 2.75) is 70.4 Å². The van der Waals surface area contributed by atoms with Gasteiger partial charge in [-0.3, -0.25) is 13.9 Å². The molecule has 0 aromatic carbocycles. The van der Waals surface area contributed by atoms with E-state index in [1.54, 1.807) is 13.8 Å². The van der Waals surface area contributed by atoms with E-state index in [0.29, 0.717) is 17.9 Å². The molecule has 1 aliphatic heterocycles. The zero-order chi connectivity index (χ0) is 27.5. The third-order valence-electron chi connectivity index (χ3n) is 5.80. The van der Waals surface area contributed by atoms with E-state index in [0.717, 1.165) is 6.42 Å². The normalized spacial score (nSPS) is 25.5. The highest BCUT2D eigenvalue weighted by atomic mass is 35.5. The van der Waals surface area contributed by atoms with E-state index >= 15 is 4.39 Å². The standard InChI is InChI=1S/C21H34ClFN7O6P/c1-6-7-29(5)16-14-17(27-20(24)26-16)30(10-25-14)18-13(23)15(31)21(8-22,36-18)9-34-37(33)28-12(4)19(32)35-11(2)3/h10-13,15,18,31,37H,6-9H2,1-5H3,(H,28,33)(H2,24,26,27)/t12-,13-,15-,18+,21+/m0/s1. The van der Waals surface area contributed by atoms with Gasteiger partial charge in [-0.05, 0) is 27.2 Å². The van der Waals surface area contributed by atoms with E-state index in [4.69, 9.17) is 31.3 Å². The van der Waals surface area contributed by atoms with Gasteiger partial charge >= 0.3 is 5.97 Å². The zero-order valence-corrected chi connectivity index (χ0v) is 23.1. The molecule has 1 aliphatic rings. The van der Waals surface area contributed by atoms with Crippen LogP contribution in [-0.4, -0.2) is 86.7 Å². The first-order valence-corrected chi connectivity index (χ1v) is 13.7. The van der Waals surface area contributed by atoms with Gasteiger partial charge in [0.1, 0.15) is 17.7 Å². The Morgan fingerprint density at radius 1 is 1.46 bits per heavy atom. The number of rotatable bonds is 12. The van der Waals surface area contributed by atoms with Crippen molar-refractivity contribution in [3.63, 3.8) is 0 Å². The number of imidazole rings is 1. The number of carbonyl (C=O) groups excluding carboxylic acids is 1. The topological polar surface area (TPSA) is 167 Å². The lowest BCUT2D eigenvalue weighted by Gasteiger charge is -2.29. The number of aliphatic hydroxyl groups excluding tert-OH is 1.